The van der Waals surface area contributed by atoms with Crippen LogP contribution in [-0.4, -0.2) is 45.7 Å². The second-order valence-electron chi connectivity index (χ2n) is 2.64. The summed E-state index contributed by atoms with van der Waals surface area (Å²) in [6.07, 6.45) is -0.161. The van der Waals surface area contributed by atoms with Gasteiger partial charge in [-0.1, -0.05) is 0 Å². The Labute approximate surface area is 78.0 Å². The van der Waals surface area contributed by atoms with Gasteiger partial charge in [0.2, 0.25) is 0 Å². The van der Waals surface area contributed by atoms with Crippen molar-refractivity contribution < 1.29 is 13.9 Å². The predicted molar refractivity (Wildman–Crippen MR) is 46.6 cm³/mol. The first-order valence-corrected chi connectivity index (χ1v) is 3.68. The summed E-state index contributed by atoms with van der Waals surface area (Å²) in [5, 5.41) is 2.98. The van der Waals surface area contributed by atoms with Crippen LogP contribution in [0.2, 0.25) is 0 Å². The molecule has 1 N–H and O–H groups in total. The molecule has 1 aliphatic heterocycles. The van der Waals surface area contributed by atoms with E-state index in [0.717, 1.165) is 0 Å². The van der Waals surface area contributed by atoms with Gasteiger partial charge >= 0.3 is 0 Å². The third kappa shape index (κ3) is 2.29. The highest BCUT2D eigenvalue weighted by molar-refractivity contribution is 5.85. The topological polar surface area (TPSA) is 30.5 Å². The van der Waals surface area contributed by atoms with Gasteiger partial charge in [-0.3, -0.25) is 0 Å². The van der Waals surface area contributed by atoms with E-state index in [-0.39, 0.29) is 30.7 Å². The Morgan fingerprint density at radius 2 is 2.08 bits per heavy atom. The molecule has 0 aromatic carbocycles. The first kappa shape index (κ1) is 12.1. The maximum atomic E-state index is 12.2. The van der Waals surface area contributed by atoms with Crippen LogP contribution >= 0.6 is 12.4 Å². The van der Waals surface area contributed by atoms with Crippen LogP contribution in [0, 0.1) is 0 Å². The van der Waals surface area contributed by atoms with Crippen molar-refractivity contribution >= 4 is 12.4 Å². The largest absolute Gasteiger partial charge is 0.377 e. The van der Waals surface area contributed by atoms with Gasteiger partial charge in [0, 0.05) is 20.8 Å². The van der Waals surface area contributed by atoms with Crippen LogP contribution in [0.3, 0.4) is 0 Å². The minimum absolute atomic E-state index is 0. The van der Waals surface area contributed by atoms with Crippen LogP contribution in [0.1, 0.15) is 0 Å². The van der Waals surface area contributed by atoms with Crippen LogP contribution in [0.25, 0.3) is 0 Å². The van der Waals surface area contributed by atoms with E-state index in [1.54, 1.807) is 14.2 Å². The molecule has 12 heavy (non-hydrogen) atoms. The molecule has 74 valence electrons. The Morgan fingerprint density at radius 3 is 2.50 bits per heavy atom. The summed E-state index contributed by atoms with van der Waals surface area (Å²) >= 11 is 0. The number of methoxy groups -OCH3 is 2. The molecule has 0 aliphatic carbocycles. The highest BCUT2D eigenvalue weighted by Crippen LogP contribution is 2.14. The van der Waals surface area contributed by atoms with Crippen molar-refractivity contribution in [3.8, 4) is 0 Å². The highest BCUT2D eigenvalue weighted by atomic mass is 35.5. The number of alkyl halides is 1. The van der Waals surface area contributed by atoms with Gasteiger partial charge in [-0.05, 0) is 0 Å². The van der Waals surface area contributed by atoms with Gasteiger partial charge in [-0.25, -0.2) is 4.39 Å². The zero-order chi connectivity index (χ0) is 8.27. The molecule has 0 saturated carbocycles. The van der Waals surface area contributed by atoms with Crippen molar-refractivity contribution in [3.05, 3.63) is 0 Å². The molecule has 0 spiro atoms. The van der Waals surface area contributed by atoms with Crippen molar-refractivity contribution in [1.29, 1.82) is 0 Å². The Kier molecular flexibility index (Phi) is 5.74. The Bertz CT molecular complexity index is 116. The van der Waals surface area contributed by atoms with E-state index in [1.807, 2.05) is 0 Å². The minimum atomic E-state index is -0.404. The molecule has 5 heteroatoms. The Morgan fingerprint density at radius 1 is 1.42 bits per heavy atom. The smallest absolute Gasteiger partial charge is 0.107 e. The third-order valence-electron chi connectivity index (χ3n) is 2.09. The number of ether oxygens (including phenoxy) is 2. The van der Waals surface area contributed by atoms with E-state index < -0.39 is 6.67 Å². The van der Waals surface area contributed by atoms with Gasteiger partial charge < -0.3 is 14.8 Å². The van der Waals surface area contributed by atoms with Gasteiger partial charge in [0.15, 0.2) is 0 Å². The summed E-state index contributed by atoms with van der Waals surface area (Å²) in [7, 11) is 3.19. The van der Waals surface area contributed by atoms with E-state index >= 15 is 0 Å². The van der Waals surface area contributed by atoms with Crippen molar-refractivity contribution in [2.45, 2.75) is 18.2 Å². The summed E-state index contributed by atoms with van der Waals surface area (Å²) in [4.78, 5) is 0. The van der Waals surface area contributed by atoms with Gasteiger partial charge in [0.1, 0.15) is 12.8 Å². The highest BCUT2D eigenvalue weighted by Gasteiger charge is 2.35. The van der Waals surface area contributed by atoms with Crippen molar-refractivity contribution in [2.24, 2.45) is 0 Å². The molecule has 1 rings (SSSR count). The molecule has 1 heterocycles. The molecule has 0 aromatic heterocycles. The molecule has 3 nitrogen and oxygen atoms in total. The zero-order valence-corrected chi connectivity index (χ0v) is 8.07. The summed E-state index contributed by atoms with van der Waals surface area (Å²) in [5.74, 6) is 0. The summed E-state index contributed by atoms with van der Waals surface area (Å²) in [5.41, 5.74) is 0. The van der Waals surface area contributed by atoms with Crippen LogP contribution in [0.15, 0.2) is 0 Å². The molecule has 1 saturated heterocycles. The lowest BCUT2D eigenvalue weighted by Crippen LogP contribution is -2.37. The van der Waals surface area contributed by atoms with E-state index in [4.69, 9.17) is 9.47 Å². The Hall–Kier alpha value is 0.1000. The average molecular weight is 200 g/mol. The summed E-state index contributed by atoms with van der Waals surface area (Å²) in [6, 6.07) is -0.204. The molecule has 0 radical (unpaired) electrons. The molecular formula is C7H15ClFNO2. The molecule has 3 atom stereocenters. The first-order chi connectivity index (χ1) is 5.33. The molecule has 0 amide bonds. The van der Waals surface area contributed by atoms with E-state index in [0.29, 0.717) is 6.54 Å². The van der Waals surface area contributed by atoms with Crippen molar-refractivity contribution in [2.75, 3.05) is 27.4 Å². The second kappa shape index (κ2) is 5.70. The summed E-state index contributed by atoms with van der Waals surface area (Å²) in [6.45, 7) is 0.266. The number of hydrogen-bond acceptors (Lipinski definition) is 3. The van der Waals surface area contributed by atoms with Crippen molar-refractivity contribution in [1.82, 2.24) is 5.32 Å². The summed E-state index contributed by atoms with van der Waals surface area (Å²) < 4.78 is 22.4. The van der Waals surface area contributed by atoms with Crippen LogP contribution in [0.4, 0.5) is 4.39 Å². The van der Waals surface area contributed by atoms with Crippen LogP contribution in [0.5, 0.6) is 0 Å². The molecule has 1 fully saturated rings. The standard InChI is InChI=1S/C7H14FNO2.ClH/c1-10-6-4-9-5(3-8)7(6)11-2;/h5-7,9H,3-4H2,1-2H3;1H/t5-,6+,7-;/m0./s1. The maximum absolute atomic E-state index is 12.2. The fourth-order valence-electron chi connectivity index (χ4n) is 1.43. The quantitative estimate of drug-likeness (QED) is 0.713. The zero-order valence-electron chi connectivity index (χ0n) is 7.25. The fourth-order valence-corrected chi connectivity index (χ4v) is 1.43. The normalized spacial score (nSPS) is 34.8. The van der Waals surface area contributed by atoms with Crippen LogP contribution < -0.4 is 5.32 Å². The minimum Gasteiger partial charge on any atom is -0.377 e. The molecule has 0 aromatic rings. The van der Waals surface area contributed by atoms with Crippen LogP contribution in [-0.2, 0) is 9.47 Å². The lowest BCUT2D eigenvalue weighted by atomic mass is 10.1. The SMILES string of the molecule is CO[C@H]1[C@H](CF)NC[C@H]1OC.Cl. The molecule has 0 bridgehead atoms. The lowest BCUT2D eigenvalue weighted by molar-refractivity contribution is -0.0203. The molecule has 1 aliphatic rings. The fraction of sp³-hybridized carbons (Fsp3) is 1.00. The van der Waals surface area contributed by atoms with Gasteiger partial charge in [-0.2, -0.15) is 0 Å². The first-order valence-electron chi connectivity index (χ1n) is 3.68. The van der Waals surface area contributed by atoms with E-state index in [1.165, 1.54) is 0 Å². The average Bonchev–Trinajstić information content (AvgIpc) is 2.45. The van der Waals surface area contributed by atoms with Gasteiger partial charge in [-0.15, -0.1) is 12.4 Å². The Balaban J connectivity index is 0.00000121. The molecule has 0 unspecified atom stereocenters. The number of halogens is 2. The maximum Gasteiger partial charge on any atom is 0.107 e. The monoisotopic (exact) mass is 199 g/mol. The lowest BCUT2D eigenvalue weighted by Gasteiger charge is -2.19. The number of nitrogens with one attached hydrogen (secondary N) is 1. The number of hydrogen-bond donors (Lipinski definition) is 1. The van der Waals surface area contributed by atoms with E-state index in [9.17, 15) is 4.39 Å². The third-order valence-corrected chi connectivity index (χ3v) is 2.09. The van der Waals surface area contributed by atoms with Gasteiger partial charge in [0.05, 0.1) is 12.1 Å². The predicted octanol–water partition coefficient (Wildman–Crippen LogP) is 0.380. The number of rotatable bonds is 3. The van der Waals surface area contributed by atoms with Crippen molar-refractivity contribution in [3.63, 3.8) is 0 Å². The molecular weight excluding hydrogens is 185 g/mol. The second-order valence-corrected chi connectivity index (χ2v) is 2.64. The van der Waals surface area contributed by atoms with Gasteiger partial charge in [0.25, 0.3) is 0 Å². The van der Waals surface area contributed by atoms with E-state index in [2.05, 4.69) is 5.32 Å².